The van der Waals surface area contributed by atoms with Gasteiger partial charge in [0.25, 0.3) is 0 Å². The van der Waals surface area contributed by atoms with Crippen LogP contribution < -0.4 is 10.5 Å². The first-order valence-corrected chi connectivity index (χ1v) is 7.07. The van der Waals surface area contributed by atoms with Crippen molar-refractivity contribution in [1.82, 2.24) is 0 Å². The van der Waals surface area contributed by atoms with E-state index in [9.17, 15) is 4.79 Å². The van der Waals surface area contributed by atoms with E-state index in [4.69, 9.17) is 10.5 Å². The molecule has 2 N–H and O–H groups in total. The van der Waals surface area contributed by atoms with Crippen LogP contribution in [-0.2, 0) is 0 Å². The molecule has 0 amide bonds. The van der Waals surface area contributed by atoms with Crippen LogP contribution >= 0.6 is 0 Å². The zero-order valence-electron chi connectivity index (χ0n) is 12.9. The first kappa shape index (κ1) is 15.1. The van der Waals surface area contributed by atoms with Gasteiger partial charge in [0.1, 0.15) is 5.75 Å². The molecule has 0 radical (unpaired) electrons. The van der Waals surface area contributed by atoms with Crippen LogP contribution in [0.1, 0.15) is 40.9 Å². The van der Waals surface area contributed by atoms with Crippen LogP contribution in [0.25, 0.3) is 0 Å². The lowest BCUT2D eigenvalue weighted by atomic mass is 9.94. The van der Waals surface area contributed by atoms with E-state index in [-0.39, 0.29) is 11.9 Å². The second kappa shape index (κ2) is 6.00. The van der Waals surface area contributed by atoms with Crippen molar-refractivity contribution >= 4 is 11.5 Å². The SMILES string of the molecule is Cc1cc(OC(C)C)cc(C)c1C(=O)c1ccccc1N. The fourth-order valence-electron chi connectivity index (χ4n) is 2.46. The van der Waals surface area contributed by atoms with E-state index in [1.54, 1.807) is 12.1 Å². The van der Waals surface area contributed by atoms with E-state index in [1.807, 2.05) is 52.0 Å². The van der Waals surface area contributed by atoms with Crippen molar-refractivity contribution in [3.63, 3.8) is 0 Å². The molecule has 0 atom stereocenters. The molecule has 110 valence electrons. The number of ketones is 1. The number of carbonyl (C=O) groups is 1. The number of anilines is 1. The molecule has 2 aromatic carbocycles. The molecule has 0 unspecified atom stereocenters. The maximum absolute atomic E-state index is 12.7. The Morgan fingerprint density at radius 3 is 2.19 bits per heavy atom. The molecule has 0 heterocycles. The molecule has 3 nitrogen and oxygen atoms in total. The number of aryl methyl sites for hydroxylation is 2. The Bertz CT molecular complexity index is 652. The summed E-state index contributed by atoms with van der Waals surface area (Å²) >= 11 is 0. The lowest BCUT2D eigenvalue weighted by molar-refractivity contribution is 0.103. The van der Waals surface area contributed by atoms with Gasteiger partial charge in [-0.3, -0.25) is 4.79 Å². The number of hydrogen-bond acceptors (Lipinski definition) is 3. The number of nitrogens with two attached hydrogens (primary N) is 1. The Hall–Kier alpha value is -2.29. The summed E-state index contributed by atoms with van der Waals surface area (Å²) in [5.41, 5.74) is 9.46. The van der Waals surface area contributed by atoms with E-state index in [0.29, 0.717) is 16.8 Å². The molecule has 0 saturated carbocycles. The van der Waals surface area contributed by atoms with Crippen LogP contribution in [0.3, 0.4) is 0 Å². The third-order valence-electron chi connectivity index (χ3n) is 3.31. The molecule has 0 aliphatic rings. The molecular formula is C18H21NO2. The highest BCUT2D eigenvalue weighted by molar-refractivity contribution is 6.13. The number of para-hydroxylation sites is 1. The molecule has 2 rings (SSSR count). The standard InChI is InChI=1S/C18H21NO2/c1-11(2)21-14-9-12(3)17(13(4)10-14)18(20)15-7-5-6-8-16(15)19/h5-11H,19H2,1-4H3. The molecule has 0 bridgehead atoms. The average Bonchev–Trinajstić information content (AvgIpc) is 2.37. The van der Waals surface area contributed by atoms with E-state index in [0.717, 1.165) is 16.9 Å². The average molecular weight is 283 g/mol. The van der Waals surface area contributed by atoms with Crippen molar-refractivity contribution in [3.8, 4) is 5.75 Å². The minimum atomic E-state index is -0.0424. The lowest BCUT2D eigenvalue weighted by Gasteiger charge is -2.15. The molecule has 0 saturated heterocycles. The van der Waals surface area contributed by atoms with Gasteiger partial charge in [-0.2, -0.15) is 0 Å². The van der Waals surface area contributed by atoms with Gasteiger partial charge in [0.15, 0.2) is 5.78 Å². The van der Waals surface area contributed by atoms with Crippen LogP contribution in [0.5, 0.6) is 5.75 Å². The van der Waals surface area contributed by atoms with Crippen LogP contribution in [0, 0.1) is 13.8 Å². The van der Waals surface area contributed by atoms with Gasteiger partial charge in [-0.05, 0) is 63.1 Å². The van der Waals surface area contributed by atoms with E-state index in [1.165, 1.54) is 0 Å². The van der Waals surface area contributed by atoms with Crippen molar-refractivity contribution in [2.45, 2.75) is 33.8 Å². The van der Waals surface area contributed by atoms with Crippen LogP contribution in [0.4, 0.5) is 5.69 Å². The van der Waals surface area contributed by atoms with Gasteiger partial charge in [-0.25, -0.2) is 0 Å². The van der Waals surface area contributed by atoms with Crippen molar-refractivity contribution < 1.29 is 9.53 Å². The smallest absolute Gasteiger partial charge is 0.195 e. The molecule has 0 aromatic heterocycles. The maximum atomic E-state index is 12.7. The Kier molecular flexibility index (Phi) is 4.32. The summed E-state index contributed by atoms with van der Waals surface area (Å²) in [7, 11) is 0. The minimum Gasteiger partial charge on any atom is -0.491 e. The molecule has 0 spiro atoms. The summed E-state index contributed by atoms with van der Waals surface area (Å²) in [6.07, 6.45) is 0.107. The van der Waals surface area contributed by atoms with Crippen LogP contribution in [-0.4, -0.2) is 11.9 Å². The number of nitrogen functional groups attached to an aromatic ring is 1. The number of hydrogen-bond donors (Lipinski definition) is 1. The Labute approximate surface area is 125 Å². The zero-order valence-corrected chi connectivity index (χ0v) is 12.9. The summed E-state index contributed by atoms with van der Waals surface area (Å²) in [5.74, 6) is 0.747. The Balaban J connectivity index is 2.45. The molecule has 3 heteroatoms. The molecule has 21 heavy (non-hydrogen) atoms. The van der Waals surface area contributed by atoms with Crippen molar-refractivity contribution in [2.24, 2.45) is 0 Å². The third-order valence-corrected chi connectivity index (χ3v) is 3.31. The molecular weight excluding hydrogens is 262 g/mol. The first-order chi connectivity index (χ1) is 9.90. The topological polar surface area (TPSA) is 52.3 Å². The fourth-order valence-corrected chi connectivity index (χ4v) is 2.46. The normalized spacial score (nSPS) is 10.7. The summed E-state index contributed by atoms with van der Waals surface area (Å²) in [6.45, 7) is 7.81. The quantitative estimate of drug-likeness (QED) is 0.684. The predicted molar refractivity (Wildman–Crippen MR) is 86.0 cm³/mol. The Morgan fingerprint density at radius 2 is 1.67 bits per heavy atom. The number of rotatable bonds is 4. The van der Waals surface area contributed by atoms with Gasteiger partial charge < -0.3 is 10.5 Å². The van der Waals surface area contributed by atoms with Gasteiger partial charge in [0.05, 0.1) is 6.10 Å². The third kappa shape index (κ3) is 3.24. The number of ether oxygens (including phenoxy) is 1. The molecule has 0 fully saturated rings. The second-order valence-corrected chi connectivity index (χ2v) is 5.52. The minimum absolute atomic E-state index is 0.0424. The van der Waals surface area contributed by atoms with E-state index >= 15 is 0 Å². The fraction of sp³-hybridized carbons (Fsp3) is 0.278. The highest BCUT2D eigenvalue weighted by Gasteiger charge is 2.17. The predicted octanol–water partition coefficient (Wildman–Crippen LogP) is 3.90. The van der Waals surface area contributed by atoms with Crippen molar-refractivity contribution in [3.05, 3.63) is 58.7 Å². The highest BCUT2D eigenvalue weighted by atomic mass is 16.5. The van der Waals surface area contributed by atoms with Crippen molar-refractivity contribution in [2.75, 3.05) is 5.73 Å². The second-order valence-electron chi connectivity index (χ2n) is 5.52. The monoisotopic (exact) mass is 283 g/mol. The number of carbonyl (C=O) groups excluding carboxylic acids is 1. The van der Waals surface area contributed by atoms with Gasteiger partial charge in [-0.15, -0.1) is 0 Å². The van der Waals surface area contributed by atoms with Crippen LogP contribution in [0.2, 0.25) is 0 Å². The molecule has 2 aromatic rings. The van der Waals surface area contributed by atoms with Crippen molar-refractivity contribution in [1.29, 1.82) is 0 Å². The summed E-state index contributed by atoms with van der Waals surface area (Å²) < 4.78 is 5.70. The summed E-state index contributed by atoms with van der Waals surface area (Å²) in [5, 5.41) is 0. The first-order valence-electron chi connectivity index (χ1n) is 7.07. The van der Waals surface area contributed by atoms with Gasteiger partial charge in [0, 0.05) is 16.8 Å². The zero-order chi connectivity index (χ0) is 15.6. The van der Waals surface area contributed by atoms with E-state index in [2.05, 4.69) is 0 Å². The lowest BCUT2D eigenvalue weighted by Crippen LogP contribution is -2.11. The van der Waals surface area contributed by atoms with Gasteiger partial charge >= 0.3 is 0 Å². The van der Waals surface area contributed by atoms with Gasteiger partial charge in [-0.1, -0.05) is 12.1 Å². The number of benzene rings is 2. The molecule has 0 aliphatic carbocycles. The maximum Gasteiger partial charge on any atom is 0.195 e. The van der Waals surface area contributed by atoms with Gasteiger partial charge in [0.2, 0.25) is 0 Å². The summed E-state index contributed by atoms with van der Waals surface area (Å²) in [4.78, 5) is 12.7. The Morgan fingerprint density at radius 1 is 1.10 bits per heavy atom. The summed E-state index contributed by atoms with van der Waals surface area (Å²) in [6, 6.07) is 11.0. The largest absolute Gasteiger partial charge is 0.491 e. The van der Waals surface area contributed by atoms with Crippen LogP contribution in [0.15, 0.2) is 36.4 Å². The highest BCUT2D eigenvalue weighted by Crippen LogP contribution is 2.26. The molecule has 0 aliphatic heterocycles. The van der Waals surface area contributed by atoms with E-state index < -0.39 is 0 Å².